The van der Waals surface area contributed by atoms with E-state index in [1.54, 1.807) is 0 Å². The van der Waals surface area contributed by atoms with Crippen LogP contribution in [0, 0.1) is 5.92 Å². The van der Waals surface area contributed by atoms with E-state index < -0.39 is 5.60 Å². The van der Waals surface area contributed by atoms with Crippen LogP contribution in [0.15, 0.2) is 30.3 Å². The number of β-amino-alcohol motifs (C(OH)–C–C–N with tert-alkyl or cyclic N) is 1. The predicted molar refractivity (Wildman–Crippen MR) is 59.7 cm³/mol. The van der Waals surface area contributed by atoms with E-state index in [1.165, 1.54) is 5.56 Å². The second-order valence-corrected chi connectivity index (χ2v) is 4.89. The van der Waals surface area contributed by atoms with Crippen LogP contribution in [0.2, 0.25) is 0 Å². The summed E-state index contributed by atoms with van der Waals surface area (Å²) < 4.78 is 0. The SMILES string of the molecule is OC1(C2CC2c2ccccc2)CCNC1. The van der Waals surface area contributed by atoms with Gasteiger partial charge in [0.2, 0.25) is 0 Å². The monoisotopic (exact) mass is 203 g/mol. The van der Waals surface area contributed by atoms with Gasteiger partial charge >= 0.3 is 0 Å². The fourth-order valence-corrected chi connectivity index (χ4v) is 2.87. The summed E-state index contributed by atoms with van der Waals surface area (Å²) in [7, 11) is 0. The van der Waals surface area contributed by atoms with Gasteiger partial charge in [-0.15, -0.1) is 0 Å². The first-order chi connectivity index (χ1) is 7.30. The summed E-state index contributed by atoms with van der Waals surface area (Å²) in [5.74, 6) is 1.08. The molecule has 0 bridgehead atoms. The number of benzene rings is 1. The Morgan fingerprint density at radius 3 is 2.73 bits per heavy atom. The van der Waals surface area contributed by atoms with Gasteiger partial charge in [-0.2, -0.15) is 0 Å². The first-order valence-corrected chi connectivity index (χ1v) is 5.78. The highest BCUT2D eigenvalue weighted by Crippen LogP contribution is 2.54. The Balaban J connectivity index is 1.74. The molecule has 80 valence electrons. The topological polar surface area (TPSA) is 32.3 Å². The van der Waals surface area contributed by atoms with Crippen LogP contribution in [-0.4, -0.2) is 23.8 Å². The van der Waals surface area contributed by atoms with Crippen molar-refractivity contribution in [2.24, 2.45) is 5.92 Å². The van der Waals surface area contributed by atoms with E-state index in [0.29, 0.717) is 11.8 Å². The van der Waals surface area contributed by atoms with E-state index in [1.807, 2.05) is 6.07 Å². The summed E-state index contributed by atoms with van der Waals surface area (Å²) >= 11 is 0. The molecule has 2 fully saturated rings. The zero-order chi connectivity index (χ0) is 10.3. The third kappa shape index (κ3) is 1.58. The lowest BCUT2D eigenvalue weighted by Gasteiger charge is -2.21. The molecule has 0 radical (unpaired) electrons. The molecule has 15 heavy (non-hydrogen) atoms. The molecule has 1 saturated carbocycles. The maximum absolute atomic E-state index is 10.4. The van der Waals surface area contributed by atoms with Gasteiger partial charge in [0.25, 0.3) is 0 Å². The van der Waals surface area contributed by atoms with Crippen LogP contribution in [-0.2, 0) is 0 Å². The molecule has 1 aliphatic heterocycles. The van der Waals surface area contributed by atoms with Crippen molar-refractivity contribution in [1.82, 2.24) is 5.32 Å². The van der Waals surface area contributed by atoms with Gasteiger partial charge in [-0.05, 0) is 36.8 Å². The van der Waals surface area contributed by atoms with E-state index in [0.717, 1.165) is 25.9 Å². The van der Waals surface area contributed by atoms with Gasteiger partial charge in [0.15, 0.2) is 0 Å². The molecule has 0 amide bonds. The summed E-state index contributed by atoms with van der Waals surface area (Å²) in [6.07, 6.45) is 2.07. The van der Waals surface area contributed by atoms with E-state index in [-0.39, 0.29) is 0 Å². The molecule has 1 heterocycles. The Hall–Kier alpha value is -0.860. The molecule has 3 atom stereocenters. The summed E-state index contributed by atoms with van der Waals surface area (Å²) in [5, 5.41) is 13.7. The lowest BCUT2D eigenvalue weighted by molar-refractivity contribution is 0.0362. The lowest BCUT2D eigenvalue weighted by atomic mass is 9.93. The smallest absolute Gasteiger partial charge is 0.0817 e. The molecule has 2 heteroatoms. The average molecular weight is 203 g/mol. The average Bonchev–Trinajstić information content (AvgIpc) is 2.98. The largest absolute Gasteiger partial charge is 0.388 e. The molecule has 2 nitrogen and oxygen atoms in total. The maximum atomic E-state index is 10.4. The quantitative estimate of drug-likeness (QED) is 0.763. The number of hydrogen-bond donors (Lipinski definition) is 2. The first-order valence-electron chi connectivity index (χ1n) is 5.78. The minimum Gasteiger partial charge on any atom is -0.388 e. The predicted octanol–water partition coefficient (Wildman–Crippen LogP) is 1.51. The van der Waals surface area contributed by atoms with Crippen molar-refractivity contribution in [1.29, 1.82) is 0 Å². The third-order valence-electron chi connectivity index (χ3n) is 3.87. The first kappa shape index (κ1) is 9.37. The Morgan fingerprint density at radius 1 is 1.27 bits per heavy atom. The summed E-state index contributed by atoms with van der Waals surface area (Å²) in [4.78, 5) is 0. The Kier molecular flexibility index (Phi) is 2.08. The van der Waals surface area contributed by atoms with E-state index in [2.05, 4.69) is 29.6 Å². The van der Waals surface area contributed by atoms with Crippen molar-refractivity contribution in [2.45, 2.75) is 24.4 Å². The van der Waals surface area contributed by atoms with Crippen molar-refractivity contribution < 1.29 is 5.11 Å². The molecule has 1 aromatic carbocycles. The van der Waals surface area contributed by atoms with Crippen molar-refractivity contribution in [2.75, 3.05) is 13.1 Å². The lowest BCUT2D eigenvalue weighted by Crippen LogP contribution is -2.34. The molecule has 2 aliphatic rings. The molecule has 1 saturated heterocycles. The highest BCUT2D eigenvalue weighted by Gasteiger charge is 2.53. The van der Waals surface area contributed by atoms with Crippen LogP contribution >= 0.6 is 0 Å². The summed E-state index contributed by atoms with van der Waals surface area (Å²) in [6, 6.07) is 10.6. The zero-order valence-electron chi connectivity index (χ0n) is 8.82. The highest BCUT2D eigenvalue weighted by molar-refractivity contribution is 5.28. The van der Waals surface area contributed by atoms with Crippen molar-refractivity contribution in [3.05, 3.63) is 35.9 Å². The van der Waals surface area contributed by atoms with E-state index in [4.69, 9.17) is 0 Å². The minimum absolute atomic E-state index is 0.430. The number of hydrogen-bond acceptors (Lipinski definition) is 2. The van der Waals surface area contributed by atoms with E-state index >= 15 is 0 Å². The molecule has 0 aromatic heterocycles. The van der Waals surface area contributed by atoms with Crippen LogP contribution in [0.25, 0.3) is 0 Å². The maximum Gasteiger partial charge on any atom is 0.0817 e. The third-order valence-corrected chi connectivity index (χ3v) is 3.87. The van der Waals surface area contributed by atoms with Gasteiger partial charge in [0.05, 0.1) is 5.60 Å². The number of aliphatic hydroxyl groups is 1. The Morgan fingerprint density at radius 2 is 2.07 bits per heavy atom. The molecular formula is C13H17NO. The summed E-state index contributed by atoms with van der Waals surface area (Å²) in [5.41, 5.74) is 0.961. The molecule has 0 spiro atoms. The second kappa shape index (κ2) is 3.32. The summed E-state index contributed by atoms with van der Waals surface area (Å²) in [6.45, 7) is 1.75. The zero-order valence-corrected chi connectivity index (χ0v) is 8.82. The molecule has 1 aromatic rings. The van der Waals surface area contributed by atoms with Crippen molar-refractivity contribution in [3.8, 4) is 0 Å². The van der Waals surface area contributed by atoms with Gasteiger partial charge in [-0.25, -0.2) is 0 Å². The highest BCUT2D eigenvalue weighted by atomic mass is 16.3. The van der Waals surface area contributed by atoms with Gasteiger partial charge < -0.3 is 10.4 Å². The fourth-order valence-electron chi connectivity index (χ4n) is 2.87. The van der Waals surface area contributed by atoms with Crippen LogP contribution < -0.4 is 5.32 Å². The molecule has 3 unspecified atom stereocenters. The Labute approximate surface area is 90.3 Å². The normalized spacial score (nSPS) is 39.3. The Bertz CT molecular complexity index is 343. The number of nitrogens with one attached hydrogen (secondary N) is 1. The van der Waals surface area contributed by atoms with Crippen LogP contribution in [0.3, 0.4) is 0 Å². The van der Waals surface area contributed by atoms with Gasteiger partial charge in [-0.1, -0.05) is 30.3 Å². The molecule has 3 rings (SSSR count). The van der Waals surface area contributed by atoms with Gasteiger partial charge in [0.1, 0.15) is 0 Å². The molecule has 2 N–H and O–H groups in total. The number of rotatable bonds is 2. The molecule has 1 aliphatic carbocycles. The van der Waals surface area contributed by atoms with Gasteiger partial charge in [0, 0.05) is 6.54 Å². The van der Waals surface area contributed by atoms with Crippen LogP contribution in [0.5, 0.6) is 0 Å². The molecular weight excluding hydrogens is 186 g/mol. The fraction of sp³-hybridized carbons (Fsp3) is 0.538. The minimum atomic E-state index is -0.430. The van der Waals surface area contributed by atoms with E-state index in [9.17, 15) is 5.11 Å². The second-order valence-electron chi connectivity index (χ2n) is 4.89. The van der Waals surface area contributed by atoms with Crippen LogP contribution in [0.1, 0.15) is 24.3 Å². The van der Waals surface area contributed by atoms with Crippen molar-refractivity contribution in [3.63, 3.8) is 0 Å². The van der Waals surface area contributed by atoms with Gasteiger partial charge in [-0.3, -0.25) is 0 Å². The van der Waals surface area contributed by atoms with Crippen LogP contribution in [0.4, 0.5) is 0 Å². The standard InChI is InChI=1S/C13H17NO/c15-13(6-7-14-9-13)12-8-11(12)10-4-2-1-3-5-10/h1-5,11-12,14-15H,6-9H2. The van der Waals surface area contributed by atoms with Crippen molar-refractivity contribution >= 4 is 0 Å².